The van der Waals surface area contributed by atoms with E-state index >= 15 is 0 Å². The third-order valence-corrected chi connectivity index (χ3v) is 5.00. The summed E-state index contributed by atoms with van der Waals surface area (Å²) < 4.78 is 0. The van der Waals surface area contributed by atoms with Crippen LogP contribution in [0.15, 0.2) is 54.6 Å². The second kappa shape index (κ2) is 7.70. The third kappa shape index (κ3) is 4.60. The topological polar surface area (TPSA) is 52.6 Å². The van der Waals surface area contributed by atoms with Crippen LogP contribution in [0.2, 0.25) is 0 Å². The zero-order chi connectivity index (χ0) is 17.8. The van der Waals surface area contributed by atoms with Crippen molar-refractivity contribution in [1.29, 1.82) is 0 Å². The first-order valence-corrected chi connectivity index (χ1v) is 8.81. The Morgan fingerprint density at radius 2 is 1.84 bits per heavy atom. The Labute approximate surface area is 149 Å². The number of phenols is 1. The maximum atomic E-state index is 12.5. The van der Waals surface area contributed by atoms with E-state index in [1.807, 2.05) is 44.4 Å². The fourth-order valence-corrected chi connectivity index (χ4v) is 3.24. The van der Waals surface area contributed by atoms with E-state index in [0.717, 1.165) is 18.4 Å². The van der Waals surface area contributed by atoms with Gasteiger partial charge in [-0.1, -0.05) is 42.5 Å². The molecule has 0 heterocycles. The number of nitrogens with one attached hydrogen (secondary N) is 1. The molecular weight excluding hydrogens is 312 g/mol. The van der Waals surface area contributed by atoms with Gasteiger partial charge in [-0.3, -0.25) is 4.79 Å². The molecule has 3 rings (SSSR count). The Balaban J connectivity index is 1.52. The van der Waals surface area contributed by atoms with E-state index in [9.17, 15) is 9.90 Å². The van der Waals surface area contributed by atoms with Crippen LogP contribution in [0.3, 0.4) is 0 Å². The molecule has 3 atom stereocenters. The smallest absolute Gasteiger partial charge is 0.223 e. The first-order chi connectivity index (χ1) is 12.0. The number of hydrogen-bond donors (Lipinski definition) is 2. The van der Waals surface area contributed by atoms with Crippen LogP contribution < -0.4 is 5.32 Å². The van der Waals surface area contributed by atoms with Crippen LogP contribution in [0.25, 0.3) is 0 Å². The Bertz CT molecular complexity index is 698. The standard InChI is InChI=1S/C21H26N2O2/c1-23(2)17(12-15-8-10-18(24)11-9-15)14-22-21(25)20-13-19(20)16-6-4-3-5-7-16/h3-11,17,19-20,24H,12-14H2,1-2H3,(H,22,25)/t17?,19-,20+/m0/s1. The SMILES string of the molecule is CN(C)C(CNC(=O)[C@@H]1C[C@H]1c1ccccc1)Cc1ccc(O)cc1. The average Bonchev–Trinajstić information content (AvgIpc) is 3.41. The Morgan fingerprint density at radius 3 is 2.48 bits per heavy atom. The molecule has 1 amide bonds. The maximum Gasteiger partial charge on any atom is 0.223 e. The lowest BCUT2D eigenvalue weighted by atomic mass is 10.0. The number of amides is 1. The summed E-state index contributed by atoms with van der Waals surface area (Å²) in [5.74, 6) is 0.917. The largest absolute Gasteiger partial charge is 0.508 e. The van der Waals surface area contributed by atoms with Crippen LogP contribution >= 0.6 is 0 Å². The van der Waals surface area contributed by atoms with Crippen LogP contribution in [0.1, 0.15) is 23.5 Å². The predicted molar refractivity (Wildman–Crippen MR) is 99.6 cm³/mol. The summed E-state index contributed by atoms with van der Waals surface area (Å²) in [6.45, 7) is 0.630. The van der Waals surface area contributed by atoms with Crippen molar-refractivity contribution < 1.29 is 9.90 Å². The van der Waals surface area contributed by atoms with E-state index in [2.05, 4.69) is 22.3 Å². The van der Waals surface area contributed by atoms with Gasteiger partial charge in [-0.15, -0.1) is 0 Å². The van der Waals surface area contributed by atoms with Crippen LogP contribution in [0.4, 0.5) is 0 Å². The fraction of sp³-hybridized carbons (Fsp3) is 0.381. The molecule has 0 saturated heterocycles. The Kier molecular flexibility index (Phi) is 5.39. The summed E-state index contributed by atoms with van der Waals surface area (Å²) in [4.78, 5) is 14.6. The van der Waals surface area contributed by atoms with E-state index in [4.69, 9.17) is 0 Å². The summed E-state index contributed by atoms with van der Waals surface area (Å²) in [7, 11) is 4.06. The van der Waals surface area contributed by atoms with Gasteiger partial charge in [0.05, 0.1) is 0 Å². The zero-order valence-corrected chi connectivity index (χ0v) is 14.9. The molecule has 2 aromatic rings. The minimum atomic E-state index is 0.110. The quantitative estimate of drug-likeness (QED) is 0.816. The minimum Gasteiger partial charge on any atom is -0.508 e. The number of benzene rings is 2. The number of phenolic OH excluding ortho intramolecular Hbond substituents is 1. The monoisotopic (exact) mass is 338 g/mol. The Morgan fingerprint density at radius 1 is 1.16 bits per heavy atom. The molecule has 4 nitrogen and oxygen atoms in total. The molecule has 1 unspecified atom stereocenters. The second-order valence-electron chi connectivity index (χ2n) is 7.09. The summed E-state index contributed by atoms with van der Waals surface area (Å²) in [5, 5.41) is 12.5. The molecule has 0 spiro atoms. The van der Waals surface area contributed by atoms with Crippen molar-refractivity contribution in [3.05, 3.63) is 65.7 Å². The molecule has 0 bridgehead atoms. The van der Waals surface area contributed by atoms with Crippen LogP contribution in [-0.4, -0.2) is 42.6 Å². The molecule has 0 aliphatic heterocycles. The fourth-order valence-electron chi connectivity index (χ4n) is 3.24. The number of hydrogen-bond acceptors (Lipinski definition) is 3. The van der Waals surface area contributed by atoms with Crippen molar-refractivity contribution >= 4 is 5.91 Å². The van der Waals surface area contributed by atoms with E-state index in [0.29, 0.717) is 12.5 Å². The number of likely N-dealkylation sites (N-methyl/N-ethyl adjacent to an activating group) is 1. The van der Waals surface area contributed by atoms with Crippen LogP contribution in [0.5, 0.6) is 5.75 Å². The lowest BCUT2D eigenvalue weighted by Gasteiger charge is -2.25. The molecule has 0 radical (unpaired) electrons. The molecular formula is C21H26N2O2. The molecule has 1 aliphatic rings. The summed E-state index contributed by atoms with van der Waals surface area (Å²) in [5.41, 5.74) is 2.41. The summed E-state index contributed by atoms with van der Waals surface area (Å²) in [6, 6.07) is 17.8. The van der Waals surface area contributed by atoms with Crippen molar-refractivity contribution in [3.63, 3.8) is 0 Å². The highest BCUT2D eigenvalue weighted by atomic mass is 16.3. The molecule has 1 saturated carbocycles. The number of aromatic hydroxyl groups is 1. The van der Waals surface area contributed by atoms with Gasteiger partial charge in [0.1, 0.15) is 5.75 Å². The van der Waals surface area contributed by atoms with Gasteiger partial charge in [0.15, 0.2) is 0 Å². The number of carbonyl (C=O) groups excluding carboxylic acids is 1. The van der Waals surface area contributed by atoms with E-state index in [-0.39, 0.29) is 23.6 Å². The van der Waals surface area contributed by atoms with Crippen LogP contribution in [-0.2, 0) is 11.2 Å². The van der Waals surface area contributed by atoms with Gasteiger partial charge < -0.3 is 15.3 Å². The molecule has 4 heteroatoms. The van der Waals surface area contributed by atoms with E-state index in [1.54, 1.807) is 12.1 Å². The summed E-state index contributed by atoms with van der Waals surface area (Å²) in [6.07, 6.45) is 1.78. The normalized spacial score (nSPS) is 20.3. The second-order valence-corrected chi connectivity index (χ2v) is 7.09. The Hall–Kier alpha value is -2.33. The first kappa shape index (κ1) is 17.5. The van der Waals surface area contributed by atoms with Crippen molar-refractivity contribution in [2.75, 3.05) is 20.6 Å². The highest BCUT2D eigenvalue weighted by molar-refractivity contribution is 5.82. The van der Waals surface area contributed by atoms with Crippen LogP contribution in [0, 0.1) is 5.92 Å². The van der Waals surface area contributed by atoms with Crippen molar-refractivity contribution in [3.8, 4) is 5.75 Å². The third-order valence-electron chi connectivity index (χ3n) is 5.00. The molecule has 0 aromatic heterocycles. The van der Waals surface area contributed by atoms with Gasteiger partial charge in [-0.2, -0.15) is 0 Å². The lowest BCUT2D eigenvalue weighted by molar-refractivity contribution is -0.122. The molecule has 25 heavy (non-hydrogen) atoms. The highest BCUT2D eigenvalue weighted by Crippen LogP contribution is 2.47. The van der Waals surface area contributed by atoms with Gasteiger partial charge in [0, 0.05) is 18.5 Å². The van der Waals surface area contributed by atoms with Crippen molar-refractivity contribution in [1.82, 2.24) is 10.2 Å². The molecule has 1 aliphatic carbocycles. The van der Waals surface area contributed by atoms with E-state index < -0.39 is 0 Å². The number of rotatable bonds is 7. The molecule has 1 fully saturated rings. The first-order valence-electron chi connectivity index (χ1n) is 8.81. The predicted octanol–water partition coefficient (Wildman–Crippen LogP) is 2.78. The highest BCUT2D eigenvalue weighted by Gasteiger charge is 2.43. The molecule has 132 valence electrons. The van der Waals surface area contributed by atoms with Crippen molar-refractivity contribution in [2.45, 2.75) is 24.8 Å². The molecule has 2 N–H and O–H groups in total. The minimum absolute atomic E-state index is 0.110. The molecule has 2 aromatic carbocycles. The summed E-state index contributed by atoms with van der Waals surface area (Å²) >= 11 is 0. The average molecular weight is 338 g/mol. The lowest BCUT2D eigenvalue weighted by Crippen LogP contribution is -2.42. The van der Waals surface area contributed by atoms with E-state index in [1.165, 1.54) is 5.56 Å². The van der Waals surface area contributed by atoms with Gasteiger partial charge in [0.25, 0.3) is 0 Å². The van der Waals surface area contributed by atoms with Gasteiger partial charge in [-0.05, 0) is 56.1 Å². The zero-order valence-electron chi connectivity index (χ0n) is 14.9. The maximum absolute atomic E-state index is 12.5. The number of nitrogens with zero attached hydrogens (tertiary/aromatic N) is 1. The number of carbonyl (C=O) groups is 1. The van der Waals surface area contributed by atoms with Gasteiger partial charge >= 0.3 is 0 Å². The van der Waals surface area contributed by atoms with Gasteiger partial charge in [0.2, 0.25) is 5.91 Å². The van der Waals surface area contributed by atoms with Crippen molar-refractivity contribution in [2.24, 2.45) is 5.92 Å². The van der Waals surface area contributed by atoms with Gasteiger partial charge in [-0.25, -0.2) is 0 Å².